The van der Waals surface area contributed by atoms with Gasteiger partial charge in [-0.3, -0.25) is 4.72 Å². The molecule has 1 fully saturated rings. The van der Waals surface area contributed by atoms with E-state index in [4.69, 9.17) is 0 Å². The maximum absolute atomic E-state index is 12.3. The number of nitrogens with one attached hydrogen (secondary N) is 2. The second-order valence-electron chi connectivity index (χ2n) is 4.36. The third kappa shape index (κ3) is 3.37. The molecule has 20 heavy (non-hydrogen) atoms. The molecule has 0 unspecified atom stereocenters. The van der Waals surface area contributed by atoms with Gasteiger partial charge in [0, 0.05) is 17.5 Å². The number of halogens is 1. The minimum Gasteiger partial charge on any atom is -0.309 e. The molecule has 2 N–H and O–H groups in total. The van der Waals surface area contributed by atoms with Gasteiger partial charge in [-0.05, 0) is 34.8 Å². The molecule has 2 aromatic heterocycles. The van der Waals surface area contributed by atoms with Crippen molar-refractivity contribution >= 4 is 53.8 Å². The fraction of sp³-hybridized carbons (Fsp3) is 0.400. The predicted octanol–water partition coefficient (Wildman–Crippen LogP) is 2.41. The van der Waals surface area contributed by atoms with Crippen molar-refractivity contribution < 1.29 is 8.42 Å². The minimum absolute atomic E-state index is 0.241. The average molecular weight is 395 g/mol. The van der Waals surface area contributed by atoms with Crippen LogP contribution in [0.4, 0.5) is 5.13 Å². The van der Waals surface area contributed by atoms with Gasteiger partial charge in [0.05, 0.1) is 3.79 Å². The summed E-state index contributed by atoms with van der Waals surface area (Å²) in [7, 11) is -3.62. The van der Waals surface area contributed by atoms with Gasteiger partial charge >= 0.3 is 0 Å². The summed E-state index contributed by atoms with van der Waals surface area (Å²) in [6.45, 7) is 0.697. The van der Waals surface area contributed by atoms with Crippen molar-refractivity contribution in [2.45, 2.75) is 30.3 Å². The third-order valence-electron chi connectivity index (χ3n) is 2.72. The van der Waals surface area contributed by atoms with E-state index in [2.05, 4.69) is 36.2 Å². The van der Waals surface area contributed by atoms with Crippen molar-refractivity contribution in [1.29, 1.82) is 0 Å². The van der Waals surface area contributed by atoms with Gasteiger partial charge in [0.1, 0.15) is 10.4 Å². The number of hydrogen-bond donors (Lipinski definition) is 2. The number of aromatic nitrogens is 2. The SMILES string of the molecule is O=S(=O)(Nc1nncs1)c1cc(CNC2CC2)sc1Br. The fourth-order valence-corrected chi connectivity index (χ4v) is 5.92. The lowest BCUT2D eigenvalue weighted by Gasteiger charge is -2.02. The van der Waals surface area contributed by atoms with Crippen LogP contribution >= 0.6 is 38.6 Å². The zero-order valence-electron chi connectivity index (χ0n) is 10.2. The van der Waals surface area contributed by atoms with Crippen molar-refractivity contribution in [1.82, 2.24) is 15.5 Å². The molecule has 0 spiro atoms. The van der Waals surface area contributed by atoms with Crippen molar-refractivity contribution in [2.75, 3.05) is 4.72 Å². The lowest BCUT2D eigenvalue weighted by molar-refractivity contribution is 0.601. The summed E-state index contributed by atoms with van der Waals surface area (Å²) in [6.07, 6.45) is 2.41. The van der Waals surface area contributed by atoms with E-state index in [0.717, 1.165) is 16.2 Å². The summed E-state index contributed by atoms with van der Waals surface area (Å²) in [5, 5.41) is 10.9. The molecule has 2 heterocycles. The van der Waals surface area contributed by atoms with E-state index in [1.54, 1.807) is 6.07 Å². The number of sulfonamides is 1. The van der Waals surface area contributed by atoms with Crippen LogP contribution < -0.4 is 10.0 Å². The highest BCUT2D eigenvalue weighted by Gasteiger charge is 2.24. The Balaban J connectivity index is 1.77. The van der Waals surface area contributed by atoms with Gasteiger partial charge in [-0.25, -0.2) is 8.42 Å². The second kappa shape index (κ2) is 5.68. The molecular weight excluding hydrogens is 384 g/mol. The summed E-state index contributed by atoms with van der Waals surface area (Å²) >= 11 is 5.89. The molecule has 108 valence electrons. The lowest BCUT2D eigenvalue weighted by Crippen LogP contribution is -2.15. The number of hydrogen-bond acceptors (Lipinski definition) is 7. The normalized spacial score (nSPS) is 15.4. The lowest BCUT2D eigenvalue weighted by atomic mass is 10.4. The Morgan fingerprint density at radius 3 is 2.90 bits per heavy atom. The first-order valence-corrected chi connectivity index (χ1v) is 9.82. The average Bonchev–Trinajstić information content (AvgIpc) is 2.93. The Bertz CT molecular complexity index is 694. The van der Waals surface area contributed by atoms with Gasteiger partial charge in [0.15, 0.2) is 0 Å². The molecule has 0 amide bonds. The first-order chi connectivity index (χ1) is 9.54. The standard InChI is InChI=1S/C10H11BrN4O2S3/c11-9-8(3-7(19-9)4-12-6-1-2-6)20(16,17)15-10-14-13-5-18-10/h3,5-6,12H,1-2,4H2,(H,14,15). The van der Waals surface area contributed by atoms with Crippen LogP contribution in [0.1, 0.15) is 17.7 Å². The fourth-order valence-electron chi connectivity index (χ4n) is 1.59. The summed E-state index contributed by atoms with van der Waals surface area (Å²) in [5.41, 5.74) is 1.48. The van der Waals surface area contributed by atoms with E-state index in [-0.39, 0.29) is 10.0 Å². The van der Waals surface area contributed by atoms with Crippen LogP contribution in [0.5, 0.6) is 0 Å². The van der Waals surface area contributed by atoms with E-state index in [0.29, 0.717) is 16.4 Å². The molecule has 0 radical (unpaired) electrons. The summed E-state index contributed by atoms with van der Waals surface area (Å²) in [6, 6.07) is 2.28. The third-order valence-corrected chi connectivity index (χ3v) is 7.05. The molecule has 2 aromatic rings. The maximum Gasteiger partial charge on any atom is 0.265 e. The molecule has 0 aromatic carbocycles. The molecular formula is C10H11BrN4O2S3. The zero-order chi connectivity index (χ0) is 14.2. The van der Waals surface area contributed by atoms with Gasteiger partial charge in [0.2, 0.25) is 5.13 Å². The van der Waals surface area contributed by atoms with Crippen LogP contribution in [-0.4, -0.2) is 24.7 Å². The first-order valence-electron chi connectivity index (χ1n) is 5.85. The van der Waals surface area contributed by atoms with Crippen molar-refractivity contribution in [2.24, 2.45) is 0 Å². The Labute approximate surface area is 132 Å². The van der Waals surface area contributed by atoms with Crippen LogP contribution in [0, 0.1) is 0 Å². The Morgan fingerprint density at radius 2 is 2.25 bits per heavy atom. The van der Waals surface area contributed by atoms with Gasteiger partial charge in [-0.1, -0.05) is 11.3 Å². The number of nitrogens with zero attached hydrogens (tertiary/aromatic N) is 2. The van der Waals surface area contributed by atoms with Gasteiger partial charge in [-0.2, -0.15) is 0 Å². The molecule has 0 aliphatic heterocycles. The van der Waals surface area contributed by atoms with Gasteiger partial charge in [0.25, 0.3) is 10.0 Å². The van der Waals surface area contributed by atoms with E-state index in [1.165, 1.54) is 29.7 Å². The molecule has 0 saturated heterocycles. The highest BCUT2D eigenvalue weighted by Crippen LogP contribution is 2.33. The quantitative estimate of drug-likeness (QED) is 0.785. The Morgan fingerprint density at radius 1 is 1.45 bits per heavy atom. The van der Waals surface area contributed by atoms with Crippen LogP contribution in [0.15, 0.2) is 20.3 Å². The smallest absolute Gasteiger partial charge is 0.265 e. The van der Waals surface area contributed by atoms with Crippen LogP contribution in [0.2, 0.25) is 0 Å². The van der Waals surface area contributed by atoms with E-state index in [1.807, 2.05) is 0 Å². The molecule has 0 atom stereocenters. The van der Waals surface area contributed by atoms with Crippen LogP contribution in [0.3, 0.4) is 0 Å². The number of anilines is 1. The van der Waals surface area contributed by atoms with E-state index in [9.17, 15) is 8.42 Å². The number of rotatable bonds is 6. The van der Waals surface area contributed by atoms with Crippen LogP contribution in [-0.2, 0) is 16.6 Å². The predicted molar refractivity (Wildman–Crippen MR) is 82.6 cm³/mol. The molecule has 0 bridgehead atoms. The summed E-state index contributed by atoms with van der Waals surface area (Å²) < 4.78 is 27.6. The minimum atomic E-state index is -3.62. The Hall–Kier alpha value is -0.550. The molecule has 1 aliphatic carbocycles. The molecule has 6 nitrogen and oxygen atoms in total. The largest absolute Gasteiger partial charge is 0.309 e. The second-order valence-corrected chi connectivity index (χ2v) is 9.29. The Kier molecular flexibility index (Phi) is 4.09. The van der Waals surface area contributed by atoms with Crippen molar-refractivity contribution in [3.05, 3.63) is 20.2 Å². The van der Waals surface area contributed by atoms with Gasteiger partial charge in [-0.15, -0.1) is 21.5 Å². The van der Waals surface area contributed by atoms with E-state index >= 15 is 0 Å². The summed E-state index contributed by atoms with van der Waals surface area (Å²) in [4.78, 5) is 1.23. The highest BCUT2D eigenvalue weighted by atomic mass is 79.9. The van der Waals surface area contributed by atoms with Crippen molar-refractivity contribution in [3.8, 4) is 0 Å². The maximum atomic E-state index is 12.3. The molecule has 10 heteroatoms. The van der Waals surface area contributed by atoms with Crippen LogP contribution in [0.25, 0.3) is 0 Å². The zero-order valence-corrected chi connectivity index (χ0v) is 14.2. The van der Waals surface area contributed by atoms with Gasteiger partial charge < -0.3 is 5.32 Å². The highest BCUT2D eigenvalue weighted by molar-refractivity contribution is 9.11. The number of thiophene rings is 1. The topological polar surface area (TPSA) is 84.0 Å². The molecule has 1 aliphatic rings. The first kappa shape index (κ1) is 14.4. The molecule has 3 rings (SSSR count). The van der Waals surface area contributed by atoms with E-state index < -0.39 is 10.0 Å². The molecule has 1 saturated carbocycles. The summed E-state index contributed by atoms with van der Waals surface area (Å²) in [5.74, 6) is 0. The van der Waals surface area contributed by atoms with Crippen molar-refractivity contribution in [3.63, 3.8) is 0 Å². The monoisotopic (exact) mass is 394 g/mol.